The first kappa shape index (κ1) is 17.7. The molecule has 0 aliphatic rings. The Hall–Kier alpha value is -2.60. The van der Waals surface area contributed by atoms with Crippen LogP contribution in [0.5, 0.6) is 0 Å². The van der Waals surface area contributed by atoms with Crippen molar-refractivity contribution in [1.82, 2.24) is 15.1 Å². The van der Waals surface area contributed by atoms with Crippen molar-refractivity contribution in [2.45, 2.75) is 13.5 Å². The molecule has 0 atom stereocenters. The molecule has 0 saturated carbocycles. The van der Waals surface area contributed by atoms with E-state index in [2.05, 4.69) is 10.4 Å². The number of nitrogens with zero attached hydrogens (tertiary/aromatic N) is 2. The number of halogens is 1. The van der Waals surface area contributed by atoms with E-state index in [9.17, 15) is 9.59 Å². The summed E-state index contributed by atoms with van der Waals surface area (Å²) in [6.07, 6.45) is 2.87. The quantitative estimate of drug-likeness (QED) is 0.642. The van der Waals surface area contributed by atoms with Crippen LogP contribution in [-0.4, -0.2) is 28.2 Å². The van der Waals surface area contributed by atoms with Crippen LogP contribution >= 0.6 is 11.6 Å². The highest BCUT2D eigenvalue weighted by atomic mass is 35.5. The molecule has 0 unspecified atom stereocenters. The highest BCUT2D eigenvalue weighted by molar-refractivity contribution is 6.31. The number of carbonyl (C=O) groups excluding carboxylic acids is 2. The van der Waals surface area contributed by atoms with Crippen molar-refractivity contribution >= 4 is 29.6 Å². The maximum atomic E-state index is 11.7. The summed E-state index contributed by atoms with van der Waals surface area (Å²) in [5.41, 5.74) is 2.27. The largest absolute Gasteiger partial charge is 0.460 e. The number of hydrogen-bond acceptors (Lipinski definition) is 4. The van der Waals surface area contributed by atoms with E-state index in [0.717, 1.165) is 5.56 Å². The first-order chi connectivity index (χ1) is 11.5. The average molecular weight is 348 g/mol. The number of rotatable bonds is 6. The topological polar surface area (TPSA) is 73.2 Å². The van der Waals surface area contributed by atoms with Crippen LogP contribution in [-0.2, 0) is 28.0 Å². The Morgan fingerprint density at radius 1 is 1.33 bits per heavy atom. The fraction of sp³-hybridized carbons (Fsp3) is 0.235. The second kappa shape index (κ2) is 8.31. The number of esters is 1. The molecule has 1 amide bonds. The van der Waals surface area contributed by atoms with Crippen molar-refractivity contribution < 1.29 is 14.3 Å². The minimum absolute atomic E-state index is 0.176. The molecule has 7 heteroatoms. The average Bonchev–Trinajstić information content (AvgIpc) is 2.82. The zero-order valence-electron chi connectivity index (χ0n) is 13.5. The van der Waals surface area contributed by atoms with Crippen molar-refractivity contribution in [3.63, 3.8) is 0 Å². The fourth-order valence-corrected chi connectivity index (χ4v) is 2.24. The number of aromatic nitrogens is 2. The monoisotopic (exact) mass is 347 g/mol. The lowest BCUT2D eigenvalue weighted by Gasteiger charge is -2.05. The van der Waals surface area contributed by atoms with E-state index >= 15 is 0 Å². The fourth-order valence-electron chi connectivity index (χ4n) is 2.00. The lowest BCUT2D eigenvalue weighted by atomic mass is 10.2. The molecule has 24 heavy (non-hydrogen) atoms. The summed E-state index contributed by atoms with van der Waals surface area (Å²) in [7, 11) is 1.72. The molecular formula is C17H18ClN3O3. The summed E-state index contributed by atoms with van der Waals surface area (Å²) < 4.78 is 6.59. The number of carbonyl (C=O) groups is 2. The maximum Gasteiger partial charge on any atom is 0.325 e. The normalized spacial score (nSPS) is 10.8. The molecule has 1 aromatic heterocycles. The SMILES string of the molecule is Cc1nn(C)c(Cl)c1/C=C/C(=O)NCC(=O)OCc1ccccc1. The Balaban J connectivity index is 1.78. The second-order valence-electron chi connectivity index (χ2n) is 5.11. The summed E-state index contributed by atoms with van der Waals surface area (Å²) in [5.74, 6) is -0.915. The van der Waals surface area contributed by atoms with Gasteiger partial charge in [-0.05, 0) is 18.6 Å². The molecule has 6 nitrogen and oxygen atoms in total. The third-order valence-corrected chi connectivity index (χ3v) is 3.70. The van der Waals surface area contributed by atoms with E-state index in [4.69, 9.17) is 16.3 Å². The van der Waals surface area contributed by atoms with Crippen LogP contribution in [0.15, 0.2) is 36.4 Å². The molecule has 0 bridgehead atoms. The molecule has 1 heterocycles. The summed E-state index contributed by atoms with van der Waals surface area (Å²) in [4.78, 5) is 23.4. The van der Waals surface area contributed by atoms with Gasteiger partial charge in [0, 0.05) is 18.7 Å². The van der Waals surface area contributed by atoms with E-state index in [0.29, 0.717) is 16.4 Å². The number of nitrogens with one attached hydrogen (secondary N) is 1. The molecule has 2 aromatic rings. The van der Waals surface area contributed by atoms with Crippen molar-refractivity contribution in [2.24, 2.45) is 7.05 Å². The van der Waals surface area contributed by atoms with Gasteiger partial charge in [-0.15, -0.1) is 0 Å². The Labute approximate surface area is 145 Å². The van der Waals surface area contributed by atoms with Crippen LogP contribution in [0.3, 0.4) is 0 Å². The van der Waals surface area contributed by atoms with Crippen molar-refractivity contribution in [1.29, 1.82) is 0 Å². The lowest BCUT2D eigenvalue weighted by molar-refractivity contribution is -0.144. The minimum atomic E-state index is -0.504. The molecule has 0 spiro atoms. The number of amides is 1. The van der Waals surface area contributed by atoms with Gasteiger partial charge in [0.25, 0.3) is 0 Å². The van der Waals surface area contributed by atoms with E-state index in [-0.39, 0.29) is 13.2 Å². The zero-order valence-corrected chi connectivity index (χ0v) is 14.2. The first-order valence-corrected chi connectivity index (χ1v) is 7.69. The van der Waals surface area contributed by atoms with E-state index in [1.165, 1.54) is 10.8 Å². The number of benzene rings is 1. The van der Waals surface area contributed by atoms with Gasteiger partial charge in [0.15, 0.2) is 0 Å². The molecule has 0 fully saturated rings. The molecule has 0 radical (unpaired) electrons. The molecule has 0 aliphatic heterocycles. The highest BCUT2D eigenvalue weighted by Gasteiger charge is 2.09. The van der Waals surface area contributed by atoms with Gasteiger partial charge in [-0.25, -0.2) is 0 Å². The third kappa shape index (κ3) is 4.96. The number of aryl methyl sites for hydroxylation is 2. The zero-order chi connectivity index (χ0) is 17.5. The van der Waals surface area contributed by atoms with Crippen LogP contribution in [0.4, 0.5) is 0 Å². The van der Waals surface area contributed by atoms with E-state index in [1.54, 1.807) is 20.0 Å². The lowest BCUT2D eigenvalue weighted by Crippen LogP contribution is -2.29. The summed E-state index contributed by atoms with van der Waals surface area (Å²) in [6.45, 7) is 1.77. The number of ether oxygens (including phenoxy) is 1. The van der Waals surface area contributed by atoms with Crippen LogP contribution in [0.2, 0.25) is 5.15 Å². The Kier molecular flexibility index (Phi) is 6.14. The third-order valence-electron chi connectivity index (χ3n) is 3.25. The van der Waals surface area contributed by atoms with E-state index < -0.39 is 11.9 Å². The Morgan fingerprint density at radius 2 is 2.04 bits per heavy atom. The smallest absolute Gasteiger partial charge is 0.325 e. The second-order valence-corrected chi connectivity index (χ2v) is 5.47. The van der Waals surface area contributed by atoms with Crippen molar-refractivity contribution in [2.75, 3.05) is 6.54 Å². The molecule has 0 aliphatic carbocycles. The van der Waals surface area contributed by atoms with Crippen LogP contribution in [0.25, 0.3) is 6.08 Å². The predicted molar refractivity (Wildman–Crippen MR) is 91.2 cm³/mol. The molecular weight excluding hydrogens is 330 g/mol. The van der Waals surface area contributed by atoms with Crippen molar-refractivity contribution in [3.8, 4) is 0 Å². The Bertz CT molecular complexity index is 754. The predicted octanol–water partition coefficient (Wildman–Crippen LogP) is 2.25. The van der Waals surface area contributed by atoms with Crippen LogP contribution < -0.4 is 5.32 Å². The molecule has 1 N–H and O–H groups in total. The van der Waals surface area contributed by atoms with Gasteiger partial charge in [-0.3, -0.25) is 14.3 Å². The Morgan fingerprint density at radius 3 is 2.67 bits per heavy atom. The van der Waals surface area contributed by atoms with Gasteiger partial charge >= 0.3 is 5.97 Å². The molecule has 1 aromatic carbocycles. The van der Waals surface area contributed by atoms with E-state index in [1.807, 2.05) is 30.3 Å². The minimum Gasteiger partial charge on any atom is -0.460 e. The summed E-state index contributed by atoms with van der Waals surface area (Å²) in [6, 6.07) is 9.32. The van der Waals surface area contributed by atoms with Gasteiger partial charge in [0.05, 0.1) is 5.69 Å². The van der Waals surface area contributed by atoms with Gasteiger partial charge in [-0.2, -0.15) is 5.10 Å². The van der Waals surface area contributed by atoms with Gasteiger partial charge in [0.1, 0.15) is 18.3 Å². The molecule has 2 rings (SSSR count). The molecule has 0 saturated heterocycles. The number of hydrogen-bond donors (Lipinski definition) is 1. The maximum absolute atomic E-state index is 11.7. The van der Waals surface area contributed by atoms with Gasteiger partial charge in [-0.1, -0.05) is 41.9 Å². The standard InChI is InChI=1S/C17H18ClN3O3/c1-12-14(17(18)21(2)20-12)8-9-15(22)19-10-16(23)24-11-13-6-4-3-5-7-13/h3-9H,10-11H2,1-2H3,(H,19,22)/b9-8+. The van der Waals surface area contributed by atoms with Gasteiger partial charge < -0.3 is 10.1 Å². The van der Waals surface area contributed by atoms with Crippen molar-refractivity contribution in [3.05, 3.63) is 58.4 Å². The first-order valence-electron chi connectivity index (χ1n) is 7.32. The van der Waals surface area contributed by atoms with Crippen LogP contribution in [0.1, 0.15) is 16.8 Å². The molecule has 126 valence electrons. The highest BCUT2D eigenvalue weighted by Crippen LogP contribution is 2.19. The summed E-state index contributed by atoms with van der Waals surface area (Å²) in [5, 5.41) is 7.05. The van der Waals surface area contributed by atoms with Gasteiger partial charge in [0.2, 0.25) is 5.91 Å². The summed E-state index contributed by atoms with van der Waals surface area (Å²) >= 11 is 6.07. The van der Waals surface area contributed by atoms with Crippen LogP contribution in [0, 0.1) is 6.92 Å².